The molecule has 6 heteroatoms. The molecule has 0 aliphatic rings. The molecule has 36 heavy (non-hydrogen) atoms. The molecule has 8 aromatic rings. The van der Waals surface area contributed by atoms with Crippen LogP contribution in [-0.4, -0.2) is 28.7 Å². The van der Waals surface area contributed by atoms with E-state index < -0.39 is 0 Å². The van der Waals surface area contributed by atoms with Crippen molar-refractivity contribution in [1.82, 2.24) is 28.7 Å². The number of hydrogen-bond donors (Lipinski definition) is 0. The number of para-hydroxylation sites is 3. The molecule has 0 aliphatic heterocycles. The zero-order valence-corrected chi connectivity index (χ0v) is 19.5. The van der Waals surface area contributed by atoms with E-state index in [2.05, 4.69) is 110 Å². The van der Waals surface area contributed by atoms with Crippen molar-refractivity contribution in [3.63, 3.8) is 0 Å². The first-order chi connectivity index (χ1) is 17.8. The Kier molecular flexibility index (Phi) is 3.77. The van der Waals surface area contributed by atoms with Gasteiger partial charge in [0.05, 0.1) is 28.4 Å². The van der Waals surface area contributed by atoms with E-state index in [1.807, 2.05) is 11.6 Å². The van der Waals surface area contributed by atoms with Gasteiger partial charge in [-0.1, -0.05) is 54.6 Å². The van der Waals surface area contributed by atoms with Crippen LogP contribution in [0.4, 0.5) is 0 Å². The van der Waals surface area contributed by atoms with Gasteiger partial charge in [-0.25, -0.2) is 15.0 Å². The van der Waals surface area contributed by atoms with Crippen molar-refractivity contribution in [3.05, 3.63) is 104 Å². The molecule has 4 aromatic heterocycles. The molecule has 8 rings (SSSR count). The number of fused-ring (bicyclic) bond motifs is 7. The molecular formula is C30H20N6. The van der Waals surface area contributed by atoms with Gasteiger partial charge in [0.2, 0.25) is 0 Å². The van der Waals surface area contributed by atoms with Gasteiger partial charge < -0.3 is 9.13 Å². The van der Waals surface area contributed by atoms with E-state index in [-0.39, 0.29) is 0 Å². The van der Waals surface area contributed by atoms with E-state index in [1.54, 1.807) is 12.7 Å². The summed E-state index contributed by atoms with van der Waals surface area (Å²) in [5, 5.41) is 4.79. The predicted molar refractivity (Wildman–Crippen MR) is 145 cm³/mol. The minimum Gasteiger partial charge on any atom is -0.318 e. The fourth-order valence-electron chi connectivity index (χ4n) is 5.61. The molecule has 0 saturated carbocycles. The third kappa shape index (κ3) is 2.47. The third-order valence-corrected chi connectivity index (χ3v) is 7.17. The van der Waals surface area contributed by atoms with Crippen molar-refractivity contribution >= 4 is 54.8 Å². The normalized spacial score (nSPS) is 12.0. The molecule has 0 fully saturated rings. The molecule has 0 N–H and O–H groups in total. The number of aryl methyl sites for hydroxylation is 1. The van der Waals surface area contributed by atoms with Gasteiger partial charge >= 0.3 is 0 Å². The first-order valence-corrected chi connectivity index (χ1v) is 11.9. The van der Waals surface area contributed by atoms with E-state index in [0.717, 1.165) is 33.7 Å². The van der Waals surface area contributed by atoms with Gasteiger partial charge in [-0.2, -0.15) is 0 Å². The van der Waals surface area contributed by atoms with Gasteiger partial charge in [-0.3, -0.25) is 4.57 Å². The molecular weight excluding hydrogens is 444 g/mol. The number of aromatic nitrogens is 6. The van der Waals surface area contributed by atoms with Crippen molar-refractivity contribution in [3.8, 4) is 11.5 Å². The Morgan fingerprint density at radius 2 is 1.17 bits per heavy atom. The lowest BCUT2D eigenvalue weighted by Crippen LogP contribution is -2.00. The molecule has 6 nitrogen and oxygen atoms in total. The summed E-state index contributed by atoms with van der Waals surface area (Å²) in [6.07, 6.45) is 3.42. The number of hydrogen-bond acceptors (Lipinski definition) is 3. The van der Waals surface area contributed by atoms with Gasteiger partial charge in [-0.15, -0.1) is 0 Å². The topological polar surface area (TPSA) is 53.5 Å². The first-order valence-electron chi connectivity index (χ1n) is 11.9. The van der Waals surface area contributed by atoms with E-state index in [0.29, 0.717) is 0 Å². The third-order valence-electron chi connectivity index (χ3n) is 7.17. The van der Waals surface area contributed by atoms with Crippen molar-refractivity contribution < 1.29 is 0 Å². The van der Waals surface area contributed by atoms with Crippen LogP contribution < -0.4 is 0 Å². The maximum atomic E-state index is 4.73. The number of rotatable bonds is 2. The van der Waals surface area contributed by atoms with Crippen molar-refractivity contribution in [1.29, 1.82) is 0 Å². The summed E-state index contributed by atoms with van der Waals surface area (Å²) in [5.74, 6) is 0.790. The monoisotopic (exact) mass is 464 g/mol. The zero-order valence-electron chi connectivity index (χ0n) is 19.5. The van der Waals surface area contributed by atoms with Crippen LogP contribution in [0.3, 0.4) is 0 Å². The Labute approximate surface area is 205 Å². The highest BCUT2D eigenvalue weighted by Crippen LogP contribution is 2.39. The number of benzene rings is 4. The Bertz CT molecular complexity index is 2110. The molecule has 0 bridgehead atoms. The highest BCUT2D eigenvalue weighted by molar-refractivity contribution is 6.19. The van der Waals surface area contributed by atoms with Crippen LogP contribution in [0.5, 0.6) is 0 Å². The second-order valence-corrected chi connectivity index (χ2v) is 9.15. The Morgan fingerprint density at radius 1 is 0.556 bits per heavy atom. The van der Waals surface area contributed by atoms with Gasteiger partial charge in [0.1, 0.15) is 6.33 Å². The van der Waals surface area contributed by atoms with E-state index in [4.69, 9.17) is 4.98 Å². The van der Waals surface area contributed by atoms with E-state index in [9.17, 15) is 0 Å². The van der Waals surface area contributed by atoms with E-state index >= 15 is 0 Å². The number of imidazole rings is 1. The highest BCUT2D eigenvalue weighted by Gasteiger charge is 2.20. The van der Waals surface area contributed by atoms with Crippen LogP contribution >= 0.6 is 0 Å². The largest absolute Gasteiger partial charge is 0.318 e. The average molecular weight is 465 g/mol. The lowest BCUT2D eigenvalue weighted by Gasteiger charge is -2.09. The lowest BCUT2D eigenvalue weighted by atomic mass is 10.1. The molecule has 4 heterocycles. The zero-order chi connectivity index (χ0) is 23.8. The molecule has 0 atom stereocenters. The molecule has 0 saturated heterocycles. The van der Waals surface area contributed by atoms with Crippen LogP contribution in [0, 0.1) is 0 Å². The molecule has 0 unspecified atom stereocenters. The van der Waals surface area contributed by atoms with Crippen LogP contribution in [0.25, 0.3) is 66.3 Å². The van der Waals surface area contributed by atoms with Gasteiger partial charge in [-0.05, 0) is 36.4 Å². The number of nitrogens with zero attached hydrogens (tertiary/aromatic N) is 6. The molecule has 170 valence electrons. The maximum Gasteiger partial charge on any atom is 0.169 e. The van der Waals surface area contributed by atoms with Crippen LogP contribution in [0.1, 0.15) is 0 Å². The van der Waals surface area contributed by atoms with Crippen molar-refractivity contribution in [2.24, 2.45) is 7.05 Å². The Hall–Kier alpha value is -4.97. The molecule has 0 spiro atoms. The molecule has 0 radical (unpaired) electrons. The van der Waals surface area contributed by atoms with Crippen molar-refractivity contribution in [2.45, 2.75) is 0 Å². The quantitative estimate of drug-likeness (QED) is 0.291. The summed E-state index contributed by atoms with van der Waals surface area (Å²) in [7, 11) is 1.96. The summed E-state index contributed by atoms with van der Waals surface area (Å²) in [6, 6.07) is 32.3. The van der Waals surface area contributed by atoms with Crippen LogP contribution in [-0.2, 0) is 7.05 Å². The molecule has 0 aliphatic carbocycles. The van der Waals surface area contributed by atoms with Crippen LogP contribution in [0.2, 0.25) is 0 Å². The fourth-order valence-corrected chi connectivity index (χ4v) is 5.61. The molecule has 4 aromatic carbocycles. The SMILES string of the molecule is Cn1cnc2c(-n3c4ccccc4c4cc5c(cc43)c3ccccc3n5-c3ccccc3)ncnc21. The van der Waals surface area contributed by atoms with Gasteiger partial charge in [0.15, 0.2) is 17.0 Å². The predicted octanol–water partition coefficient (Wildman–Crippen LogP) is 6.56. The second kappa shape index (κ2) is 7.02. The minimum atomic E-state index is 0.787. The Balaban J connectivity index is 1.58. The minimum absolute atomic E-state index is 0.787. The smallest absolute Gasteiger partial charge is 0.169 e. The van der Waals surface area contributed by atoms with E-state index in [1.165, 1.54) is 32.6 Å². The summed E-state index contributed by atoms with van der Waals surface area (Å²) in [6.45, 7) is 0. The Morgan fingerprint density at radius 3 is 1.89 bits per heavy atom. The first kappa shape index (κ1) is 19.3. The van der Waals surface area contributed by atoms with Gasteiger partial charge in [0.25, 0.3) is 0 Å². The highest BCUT2D eigenvalue weighted by atomic mass is 15.2. The standard InChI is InChI=1S/C30H20N6/c1-34-18-33-28-29(34)31-17-32-30(28)36-25-14-8-6-12-21(25)23-15-26-22(16-27(23)36)20-11-5-7-13-24(20)35(26)19-9-3-2-4-10-19/h2-18H,1H3. The van der Waals surface area contributed by atoms with Crippen molar-refractivity contribution in [2.75, 3.05) is 0 Å². The summed E-state index contributed by atoms with van der Waals surface area (Å²) in [5.41, 5.74) is 7.33. The second-order valence-electron chi connectivity index (χ2n) is 9.15. The lowest BCUT2D eigenvalue weighted by molar-refractivity contribution is 0.926. The van der Waals surface area contributed by atoms with Crippen LogP contribution in [0.15, 0.2) is 104 Å². The maximum absolute atomic E-state index is 4.73. The fraction of sp³-hybridized carbons (Fsp3) is 0.0333. The van der Waals surface area contributed by atoms with Gasteiger partial charge in [0, 0.05) is 34.3 Å². The summed E-state index contributed by atoms with van der Waals surface area (Å²) < 4.78 is 6.52. The average Bonchev–Trinajstić information content (AvgIpc) is 3.57. The molecule has 0 amide bonds. The summed E-state index contributed by atoms with van der Waals surface area (Å²) in [4.78, 5) is 13.9. The summed E-state index contributed by atoms with van der Waals surface area (Å²) >= 11 is 0.